The number of rotatable bonds is 4. The number of hydrogen-bond donors (Lipinski definition) is 1. The third kappa shape index (κ3) is 2.63. The molecule has 1 aromatic carbocycles. The molecule has 0 bridgehead atoms. The zero-order chi connectivity index (χ0) is 11.7. The lowest BCUT2D eigenvalue weighted by molar-refractivity contribution is 0.156. The fraction of sp³-hybridized carbons (Fsp3) is 0.600. The summed E-state index contributed by atoms with van der Waals surface area (Å²) in [5, 5.41) is 9.95. The molecule has 1 saturated carbocycles. The van der Waals surface area contributed by atoms with E-state index in [-0.39, 0.29) is 6.10 Å². The van der Waals surface area contributed by atoms with E-state index in [9.17, 15) is 5.11 Å². The van der Waals surface area contributed by atoms with Gasteiger partial charge in [-0.2, -0.15) is 0 Å². The third-order valence-electron chi connectivity index (χ3n) is 3.89. The Morgan fingerprint density at radius 1 is 1.24 bits per heavy atom. The summed E-state index contributed by atoms with van der Waals surface area (Å²) >= 11 is 0. The molecule has 0 saturated heterocycles. The number of aryl methyl sites for hydroxylation is 1. The highest BCUT2D eigenvalue weighted by Gasteiger charge is 2.21. The molecule has 0 aliphatic heterocycles. The first-order valence-electron chi connectivity index (χ1n) is 6.76. The SMILES string of the molecule is O[C@@H]1CCCc2ccc(OCCC3CC3)cc21. The van der Waals surface area contributed by atoms with Crippen molar-refractivity contribution >= 4 is 0 Å². The van der Waals surface area contributed by atoms with E-state index in [1.165, 1.54) is 24.8 Å². The fourth-order valence-corrected chi connectivity index (χ4v) is 2.59. The van der Waals surface area contributed by atoms with Crippen LogP contribution < -0.4 is 4.74 Å². The van der Waals surface area contributed by atoms with Crippen molar-refractivity contribution in [1.29, 1.82) is 0 Å². The van der Waals surface area contributed by atoms with Crippen LogP contribution in [0, 0.1) is 5.92 Å². The molecule has 3 rings (SSSR count). The van der Waals surface area contributed by atoms with Crippen molar-refractivity contribution in [3.63, 3.8) is 0 Å². The number of ether oxygens (including phenoxy) is 1. The minimum atomic E-state index is -0.286. The second-order valence-corrected chi connectivity index (χ2v) is 5.35. The van der Waals surface area contributed by atoms with Gasteiger partial charge in [-0.1, -0.05) is 18.9 Å². The van der Waals surface area contributed by atoms with Gasteiger partial charge < -0.3 is 9.84 Å². The summed E-state index contributed by atoms with van der Waals surface area (Å²) in [5.74, 6) is 1.84. The van der Waals surface area contributed by atoms with Crippen LogP contribution in [0.4, 0.5) is 0 Å². The van der Waals surface area contributed by atoms with Gasteiger partial charge in [0, 0.05) is 0 Å². The van der Waals surface area contributed by atoms with E-state index in [1.54, 1.807) is 0 Å². The standard InChI is InChI=1S/C15H20O2/c16-15-3-1-2-12-6-7-13(10-14(12)15)17-9-8-11-4-5-11/h6-7,10-11,15-16H,1-5,8-9H2/t15-/m1/s1. The number of fused-ring (bicyclic) bond motifs is 1. The van der Waals surface area contributed by atoms with Gasteiger partial charge in [0.25, 0.3) is 0 Å². The molecule has 0 aromatic heterocycles. The van der Waals surface area contributed by atoms with Gasteiger partial charge >= 0.3 is 0 Å². The molecule has 1 atom stereocenters. The van der Waals surface area contributed by atoms with Crippen LogP contribution >= 0.6 is 0 Å². The van der Waals surface area contributed by atoms with Gasteiger partial charge in [-0.15, -0.1) is 0 Å². The van der Waals surface area contributed by atoms with E-state index in [2.05, 4.69) is 6.07 Å². The zero-order valence-corrected chi connectivity index (χ0v) is 10.2. The van der Waals surface area contributed by atoms with Crippen LogP contribution in [0.25, 0.3) is 0 Å². The monoisotopic (exact) mass is 232 g/mol. The van der Waals surface area contributed by atoms with Gasteiger partial charge in [0.15, 0.2) is 0 Å². The van der Waals surface area contributed by atoms with E-state index in [0.717, 1.165) is 43.1 Å². The molecule has 17 heavy (non-hydrogen) atoms. The Labute approximate surface area is 103 Å². The maximum absolute atomic E-state index is 9.95. The summed E-state index contributed by atoms with van der Waals surface area (Å²) in [6.45, 7) is 0.819. The Morgan fingerprint density at radius 2 is 2.12 bits per heavy atom. The van der Waals surface area contributed by atoms with Gasteiger partial charge in [0.05, 0.1) is 12.7 Å². The summed E-state index contributed by atoms with van der Waals surface area (Å²) in [4.78, 5) is 0. The Kier molecular flexibility index (Phi) is 3.06. The largest absolute Gasteiger partial charge is 0.494 e. The van der Waals surface area contributed by atoms with Crippen molar-refractivity contribution in [2.75, 3.05) is 6.61 Å². The normalized spacial score (nSPS) is 23.2. The highest BCUT2D eigenvalue weighted by Crippen LogP contribution is 2.34. The first-order chi connectivity index (χ1) is 8.33. The molecule has 1 aromatic rings. The highest BCUT2D eigenvalue weighted by atomic mass is 16.5. The smallest absolute Gasteiger partial charge is 0.119 e. The second kappa shape index (κ2) is 4.69. The van der Waals surface area contributed by atoms with Crippen molar-refractivity contribution < 1.29 is 9.84 Å². The first kappa shape index (κ1) is 11.1. The maximum Gasteiger partial charge on any atom is 0.119 e. The Bertz CT molecular complexity index is 396. The lowest BCUT2D eigenvalue weighted by atomic mass is 9.89. The summed E-state index contributed by atoms with van der Waals surface area (Å²) in [6.07, 6.45) is 6.73. The summed E-state index contributed by atoms with van der Waals surface area (Å²) < 4.78 is 5.76. The Balaban J connectivity index is 1.65. The minimum Gasteiger partial charge on any atom is -0.494 e. The molecule has 92 valence electrons. The van der Waals surface area contributed by atoms with Crippen LogP contribution in [0.15, 0.2) is 18.2 Å². The molecule has 2 aliphatic rings. The first-order valence-corrected chi connectivity index (χ1v) is 6.76. The van der Waals surface area contributed by atoms with E-state index in [1.807, 2.05) is 12.1 Å². The van der Waals surface area contributed by atoms with Crippen molar-refractivity contribution in [1.82, 2.24) is 0 Å². The molecule has 1 fully saturated rings. The average molecular weight is 232 g/mol. The average Bonchev–Trinajstić information content (AvgIpc) is 3.14. The number of aliphatic hydroxyl groups excluding tert-OH is 1. The lowest BCUT2D eigenvalue weighted by Crippen LogP contribution is -2.09. The van der Waals surface area contributed by atoms with Gasteiger partial charge in [-0.3, -0.25) is 0 Å². The van der Waals surface area contributed by atoms with Crippen LogP contribution in [0.2, 0.25) is 0 Å². The fourth-order valence-electron chi connectivity index (χ4n) is 2.59. The maximum atomic E-state index is 9.95. The summed E-state index contributed by atoms with van der Waals surface area (Å²) in [5.41, 5.74) is 2.37. The molecule has 2 heteroatoms. The Morgan fingerprint density at radius 3 is 2.94 bits per heavy atom. The topological polar surface area (TPSA) is 29.5 Å². The van der Waals surface area contributed by atoms with E-state index in [4.69, 9.17) is 4.74 Å². The minimum absolute atomic E-state index is 0.286. The van der Waals surface area contributed by atoms with Gasteiger partial charge in [-0.05, 0) is 54.9 Å². The van der Waals surface area contributed by atoms with Crippen LogP contribution in [-0.4, -0.2) is 11.7 Å². The van der Waals surface area contributed by atoms with E-state index < -0.39 is 0 Å². The lowest BCUT2D eigenvalue weighted by Gasteiger charge is -2.22. The highest BCUT2D eigenvalue weighted by molar-refractivity contribution is 5.38. The van der Waals surface area contributed by atoms with E-state index >= 15 is 0 Å². The molecule has 1 N–H and O–H groups in total. The number of benzene rings is 1. The molecular weight excluding hydrogens is 212 g/mol. The van der Waals surface area contributed by atoms with E-state index in [0.29, 0.717) is 0 Å². The second-order valence-electron chi connectivity index (χ2n) is 5.35. The van der Waals surface area contributed by atoms with Crippen LogP contribution in [0.1, 0.15) is 49.3 Å². The number of aliphatic hydroxyl groups is 1. The molecule has 0 amide bonds. The predicted molar refractivity (Wildman–Crippen MR) is 67.2 cm³/mol. The summed E-state index contributed by atoms with van der Waals surface area (Å²) in [7, 11) is 0. The molecule has 2 aliphatic carbocycles. The quantitative estimate of drug-likeness (QED) is 0.863. The Hall–Kier alpha value is -1.02. The molecule has 2 nitrogen and oxygen atoms in total. The zero-order valence-electron chi connectivity index (χ0n) is 10.2. The molecular formula is C15H20O2. The van der Waals surface area contributed by atoms with Crippen molar-refractivity contribution in [3.8, 4) is 5.75 Å². The molecule has 0 spiro atoms. The summed E-state index contributed by atoms with van der Waals surface area (Å²) in [6, 6.07) is 6.19. The molecule has 0 radical (unpaired) electrons. The van der Waals surface area contributed by atoms with Crippen molar-refractivity contribution in [2.45, 2.75) is 44.6 Å². The van der Waals surface area contributed by atoms with Crippen molar-refractivity contribution in [2.24, 2.45) is 5.92 Å². The van der Waals surface area contributed by atoms with Gasteiger partial charge in [-0.25, -0.2) is 0 Å². The molecule has 0 heterocycles. The number of hydrogen-bond acceptors (Lipinski definition) is 2. The predicted octanol–water partition coefficient (Wildman–Crippen LogP) is 3.24. The third-order valence-corrected chi connectivity index (χ3v) is 3.89. The van der Waals surface area contributed by atoms with Crippen LogP contribution in [0.5, 0.6) is 5.75 Å². The van der Waals surface area contributed by atoms with Crippen LogP contribution in [0.3, 0.4) is 0 Å². The molecule has 0 unspecified atom stereocenters. The van der Waals surface area contributed by atoms with Crippen molar-refractivity contribution in [3.05, 3.63) is 29.3 Å². The van der Waals surface area contributed by atoms with Gasteiger partial charge in [0.1, 0.15) is 5.75 Å². The van der Waals surface area contributed by atoms with Crippen LogP contribution in [-0.2, 0) is 6.42 Å². The van der Waals surface area contributed by atoms with Gasteiger partial charge in [0.2, 0.25) is 0 Å².